The zero-order valence-corrected chi connectivity index (χ0v) is 9.32. The largest absolute Gasteiger partial charge is 0.466 e. The molecule has 0 rings (SSSR count). The van der Waals surface area contributed by atoms with Crippen molar-refractivity contribution in [2.75, 3.05) is 13.2 Å². The van der Waals surface area contributed by atoms with Crippen LogP contribution < -0.4 is 0 Å². The van der Waals surface area contributed by atoms with Gasteiger partial charge in [-0.05, 0) is 18.8 Å². The molecule has 0 aliphatic heterocycles. The van der Waals surface area contributed by atoms with Crippen molar-refractivity contribution in [3.8, 4) is 0 Å². The Morgan fingerprint density at radius 1 is 1.27 bits per heavy atom. The highest BCUT2D eigenvalue weighted by molar-refractivity contribution is 5.81. The Bertz CT molecular complexity index is 223. The molecule has 1 unspecified atom stereocenters. The van der Waals surface area contributed by atoms with E-state index in [1.54, 1.807) is 0 Å². The lowest BCUT2D eigenvalue weighted by atomic mass is 10.1. The van der Waals surface area contributed by atoms with Crippen LogP contribution in [-0.4, -0.2) is 25.2 Å². The number of hydrogen-bond donors (Lipinski definition) is 0. The SMILES string of the molecule is C=CC(=O)OCCC(C)CCOC(C)=O. The van der Waals surface area contributed by atoms with Crippen molar-refractivity contribution in [2.24, 2.45) is 5.92 Å². The molecule has 0 saturated carbocycles. The first-order valence-electron chi connectivity index (χ1n) is 4.98. The highest BCUT2D eigenvalue weighted by atomic mass is 16.5. The summed E-state index contributed by atoms with van der Waals surface area (Å²) in [6.45, 7) is 7.50. The molecule has 15 heavy (non-hydrogen) atoms. The number of rotatable bonds is 7. The van der Waals surface area contributed by atoms with Crippen molar-refractivity contribution in [1.29, 1.82) is 0 Å². The second kappa shape index (κ2) is 8.03. The predicted octanol–water partition coefficient (Wildman–Crippen LogP) is 1.70. The first-order valence-corrected chi connectivity index (χ1v) is 4.98. The van der Waals surface area contributed by atoms with E-state index in [0.29, 0.717) is 19.1 Å². The maximum Gasteiger partial charge on any atom is 0.330 e. The second-order valence-corrected chi connectivity index (χ2v) is 3.39. The van der Waals surface area contributed by atoms with Crippen LogP contribution in [0.15, 0.2) is 12.7 Å². The summed E-state index contributed by atoms with van der Waals surface area (Å²) in [5.74, 6) is -0.301. The Hall–Kier alpha value is -1.32. The predicted molar refractivity (Wildman–Crippen MR) is 56.2 cm³/mol. The molecule has 0 aliphatic rings. The summed E-state index contributed by atoms with van der Waals surface area (Å²) < 4.78 is 9.62. The fourth-order valence-corrected chi connectivity index (χ4v) is 0.968. The number of hydrogen-bond acceptors (Lipinski definition) is 4. The molecule has 0 radical (unpaired) electrons. The van der Waals surface area contributed by atoms with E-state index in [9.17, 15) is 9.59 Å². The van der Waals surface area contributed by atoms with Gasteiger partial charge in [0.1, 0.15) is 0 Å². The average molecular weight is 214 g/mol. The summed E-state index contributed by atoms with van der Waals surface area (Å²) in [7, 11) is 0. The minimum atomic E-state index is -0.401. The Labute approximate surface area is 90.2 Å². The highest BCUT2D eigenvalue weighted by Gasteiger charge is 2.04. The van der Waals surface area contributed by atoms with Crippen molar-refractivity contribution in [1.82, 2.24) is 0 Å². The van der Waals surface area contributed by atoms with Gasteiger partial charge in [0.05, 0.1) is 13.2 Å². The third-order valence-corrected chi connectivity index (χ3v) is 1.94. The van der Waals surface area contributed by atoms with E-state index in [0.717, 1.165) is 18.9 Å². The minimum absolute atomic E-state index is 0.264. The smallest absolute Gasteiger partial charge is 0.330 e. The Kier molecular flexibility index (Phi) is 7.32. The van der Waals surface area contributed by atoms with Crippen molar-refractivity contribution >= 4 is 11.9 Å². The number of carbonyl (C=O) groups excluding carboxylic acids is 2. The fraction of sp³-hybridized carbons (Fsp3) is 0.636. The average Bonchev–Trinajstić information content (AvgIpc) is 2.17. The van der Waals surface area contributed by atoms with Crippen LogP contribution in [0, 0.1) is 5.92 Å². The Morgan fingerprint density at radius 2 is 1.80 bits per heavy atom. The van der Waals surface area contributed by atoms with E-state index >= 15 is 0 Å². The summed E-state index contributed by atoms with van der Waals surface area (Å²) in [5, 5.41) is 0. The molecule has 0 fully saturated rings. The second-order valence-electron chi connectivity index (χ2n) is 3.39. The normalized spacial score (nSPS) is 11.6. The van der Waals surface area contributed by atoms with Crippen molar-refractivity contribution in [3.63, 3.8) is 0 Å². The molecule has 4 heteroatoms. The fourth-order valence-electron chi connectivity index (χ4n) is 0.968. The summed E-state index contributed by atoms with van der Waals surface area (Å²) in [6, 6.07) is 0. The summed E-state index contributed by atoms with van der Waals surface area (Å²) in [6.07, 6.45) is 2.69. The van der Waals surface area contributed by atoms with E-state index in [1.807, 2.05) is 6.92 Å². The molecule has 0 saturated heterocycles. The number of esters is 2. The Balaban J connectivity index is 3.40. The summed E-state index contributed by atoms with van der Waals surface area (Å²) in [4.78, 5) is 21.2. The van der Waals surface area contributed by atoms with E-state index in [2.05, 4.69) is 6.58 Å². The van der Waals surface area contributed by atoms with Gasteiger partial charge in [-0.2, -0.15) is 0 Å². The molecule has 86 valence electrons. The standard InChI is InChI=1S/C11H18O4/c1-4-11(13)15-8-6-9(2)5-7-14-10(3)12/h4,9H,1,5-8H2,2-3H3. The van der Waals surface area contributed by atoms with Gasteiger partial charge >= 0.3 is 11.9 Å². The van der Waals surface area contributed by atoms with E-state index in [-0.39, 0.29) is 5.97 Å². The van der Waals surface area contributed by atoms with Gasteiger partial charge in [0.15, 0.2) is 0 Å². The molecule has 0 amide bonds. The van der Waals surface area contributed by atoms with Gasteiger partial charge in [-0.1, -0.05) is 13.5 Å². The van der Waals surface area contributed by atoms with Crippen LogP contribution in [0.2, 0.25) is 0 Å². The molecule has 0 bridgehead atoms. The van der Waals surface area contributed by atoms with Gasteiger partial charge in [-0.15, -0.1) is 0 Å². The molecule has 0 aromatic heterocycles. The zero-order chi connectivity index (χ0) is 11.7. The van der Waals surface area contributed by atoms with Gasteiger partial charge < -0.3 is 9.47 Å². The lowest BCUT2D eigenvalue weighted by Gasteiger charge is -2.10. The van der Waals surface area contributed by atoms with Gasteiger partial charge in [0.25, 0.3) is 0 Å². The highest BCUT2D eigenvalue weighted by Crippen LogP contribution is 2.07. The molecule has 1 atom stereocenters. The maximum absolute atomic E-state index is 10.7. The minimum Gasteiger partial charge on any atom is -0.466 e. The molecule has 0 spiro atoms. The monoisotopic (exact) mass is 214 g/mol. The van der Waals surface area contributed by atoms with Crippen LogP contribution in [0.4, 0.5) is 0 Å². The Morgan fingerprint density at radius 3 is 2.27 bits per heavy atom. The van der Waals surface area contributed by atoms with Crippen molar-refractivity contribution in [3.05, 3.63) is 12.7 Å². The van der Waals surface area contributed by atoms with Gasteiger partial charge in [0, 0.05) is 13.0 Å². The van der Waals surface area contributed by atoms with Crippen LogP contribution >= 0.6 is 0 Å². The molecular weight excluding hydrogens is 196 g/mol. The number of ether oxygens (including phenoxy) is 2. The van der Waals surface area contributed by atoms with Crippen LogP contribution in [-0.2, 0) is 19.1 Å². The topological polar surface area (TPSA) is 52.6 Å². The molecule has 0 heterocycles. The summed E-state index contributed by atoms with van der Waals surface area (Å²) >= 11 is 0. The van der Waals surface area contributed by atoms with Gasteiger partial charge in [-0.25, -0.2) is 4.79 Å². The lowest BCUT2D eigenvalue weighted by molar-refractivity contribution is -0.141. The maximum atomic E-state index is 10.7. The third-order valence-electron chi connectivity index (χ3n) is 1.94. The van der Waals surface area contributed by atoms with E-state index in [1.165, 1.54) is 6.92 Å². The lowest BCUT2D eigenvalue weighted by Crippen LogP contribution is -2.09. The first kappa shape index (κ1) is 13.7. The molecule has 4 nitrogen and oxygen atoms in total. The molecule has 0 aliphatic carbocycles. The first-order chi connectivity index (χ1) is 7.06. The van der Waals surface area contributed by atoms with E-state index < -0.39 is 5.97 Å². The zero-order valence-electron chi connectivity index (χ0n) is 9.32. The molecular formula is C11H18O4. The van der Waals surface area contributed by atoms with Crippen molar-refractivity contribution in [2.45, 2.75) is 26.7 Å². The quantitative estimate of drug-likeness (QED) is 0.478. The van der Waals surface area contributed by atoms with Crippen LogP contribution in [0.3, 0.4) is 0 Å². The van der Waals surface area contributed by atoms with E-state index in [4.69, 9.17) is 9.47 Å². The summed E-state index contributed by atoms with van der Waals surface area (Å²) in [5.41, 5.74) is 0. The van der Waals surface area contributed by atoms with Crippen LogP contribution in [0.1, 0.15) is 26.7 Å². The van der Waals surface area contributed by atoms with Gasteiger partial charge in [0.2, 0.25) is 0 Å². The van der Waals surface area contributed by atoms with Gasteiger partial charge in [-0.3, -0.25) is 4.79 Å². The number of carbonyl (C=O) groups is 2. The van der Waals surface area contributed by atoms with Crippen LogP contribution in [0.25, 0.3) is 0 Å². The van der Waals surface area contributed by atoms with Crippen molar-refractivity contribution < 1.29 is 19.1 Å². The molecule has 0 aromatic carbocycles. The third kappa shape index (κ3) is 9.00. The molecule has 0 N–H and O–H groups in total. The molecule has 0 aromatic rings. The van der Waals surface area contributed by atoms with Crippen LogP contribution in [0.5, 0.6) is 0 Å².